The fraction of sp³-hybridized carbons (Fsp3) is 0.250. The van der Waals surface area contributed by atoms with Crippen LogP contribution in [-0.4, -0.2) is 23.6 Å². The van der Waals surface area contributed by atoms with E-state index in [4.69, 9.17) is 4.74 Å². The normalized spacial score (nSPS) is 12.3. The number of aliphatic hydroxyl groups is 1. The lowest BCUT2D eigenvalue weighted by atomic mass is 10.2. The van der Waals surface area contributed by atoms with Crippen molar-refractivity contribution in [2.75, 3.05) is 12.4 Å². The Balaban J connectivity index is 1.64. The van der Waals surface area contributed by atoms with Crippen LogP contribution >= 0.6 is 11.8 Å². The van der Waals surface area contributed by atoms with Gasteiger partial charge < -0.3 is 9.84 Å². The molecule has 0 aliphatic carbocycles. The highest BCUT2D eigenvalue weighted by Crippen LogP contribution is 2.18. The zero-order valence-electron chi connectivity index (χ0n) is 10.7. The predicted octanol–water partition coefficient (Wildman–Crippen LogP) is 3.36. The van der Waals surface area contributed by atoms with Crippen LogP contribution < -0.4 is 0 Å². The average molecular weight is 274 g/mol. The molecule has 2 nitrogen and oxygen atoms in total. The van der Waals surface area contributed by atoms with Crippen molar-refractivity contribution < 1.29 is 9.84 Å². The minimum absolute atomic E-state index is 0.370. The van der Waals surface area contributed by atoms with Gasteiger partial charge in [-0.05, 0) is 17.7 Å². The lowest BCUT2D eigenvalue weighted by molar-refractivity contribution is 0.0398. The van der Waals surface area contributed by atoms with Crippen molar-refractivity contribution in [1.29, 1.82) is 0 Å². The van der Waals surface area contributed by atoms with Gasteiger partial charge in [0.2, 0.25) is 0 Å². The Morgan fingerprint density at radius 3 is 2.26 bits per heavy atom. The Bertz CT molecular complexity index is 459. The Morgan fingerprint density at radius 1 is 0.947 bits per heavy atom. The number of ether oxygens (including phenoxy) is 1. The SMILES string of the molecule is O[C@H](COCc1ccccc1)CSc1ccccc1. The molecular weight excluding hydrogens is 256 g/mol. The van der Waals surface area contributed by atoms with Crippen molar-refractivity contribution in [3.05, 3.63) is 66.2 Å². The van der Waals surface area contributed by atoms with Gasteiger partial charge in [-0.3, -0.25) is 0 Å². The van der Waals surface area contributed by atoms with Crippen LogP contribution in [0, 0.1) is 0 Å². The third-order valence-corrected chi connectivity index (χ3v) is 3.76. The van der Waals surface area contributed by atoms with Crippen LogP contribution in [-0.2, 0) is 11.3 Å². The number of hydrogen-bond donors (Lipinski definition) is 1. The molecule has 0 aliphatic rings. The van der Waals surface area contributed by atoms with Gasteiger partial charge in [0, 0.05) is 10.6 Å². The van der Waals surface area contributed by atoms with Crippen molar-refractivity contribution >= 4 is 11.8 Å². The molecule has 0 spiro atoms. The van der Waals surface area contributed by atoms with Crippen LogP contribution in [0.4, 0.5) is 0 Å². The van der Waals surface area contributed by atoms with Gasteiger partial charge in [0.1, 0.15) is 0 Å². The highest BCUT2D eigenvalue weighted by molar-refractivity contribution is 7.99. The monoisotopic (exact) mass is 274 g/mol. The topological polar surface area (TPSA) is 29.5 Å². The lowest BCUT2D eigenvalue weighted by Crippen LogP contribution is -2.17. The summed E-state index contributed by atoms with van der Waals surface area (Å²) in [7, 11) is 0. The molecule has 0 aliphatic heterocycles. The molecule has 1 N–H and O–H groups in total. The Hall–Kier alpha value is -1.29. The Morgan fingerprint density at radius 2 is 1.58 bits per heavy atom. The molecule has 19 heavy (non-hydrogen) atoms. The lowest BCUT2D eigenvalue weighted by Gasteiger charge is -2.11. The smallest absolute Gasteiger partial charge is 0.0867 e. The van der Waals surface area contributed by atoms with Gasteiger partial charge in [-0.1, -0.05) is 48.5 Å². The highest BCUT2D eigenvalue weighted by atomic mass is 32.2. The summed E-state index contributed by atoms with van der Waals surface area (Å²) in [6, 6.07) is 20.1. The van der Waals surface area contributed by atoms with E-state index in [1.54, 1.807) is 11.8 Å². The van der Waals surface area contributed by atoms with Crippen LogP contribution in [0.3, 0.4) is 0 Å². The first-order valence-corrected chi connectivity index (χ1v) is 7.31. The number of thioether (sulfide) groups is 1. The molecule has 0 amide bonds. The van der Waals surface area contributed by atoms with Gasteiger partial charge >= 0.3 is 0 Å². The summed E-state index contributed by atoms with van der Waals surface area (Å²) in [6.45, 7) is 0.919. The first kappa shape index (κ1) is 14.1. The fourth-order valence-corrected chi connectivity index (χ4v) is 2.47. The van der Waals surface area contributed by atoms with Crippen LogP contribution in [0.5, 0.6) is 0 Å². The van der Waals surface area contributed by atoms with Crippen molar-refractivity contribution in [3.8, 4) is 0 Å². The number of rotatable bonds is 7. The zero-order chi connectivity index (χ0) is 13.3. The molecule has 0 unspecified atom stereocenters. The molecule has 2 aromatic rings. The van der Waals surface area contributed by atoms with Crippen molar-refractivity contribution in [2.24, 2.45) is 0 Å². The van der Waals surface area contributed by atoms with Gasteiger partial charge in [-0.25, -0.2) is 0 Å². The van der Waals surface area contributed by atoms with Gasteiger partial charge in [-0.15, -0.1) is 11.8 Å². The molecule has 0 heterocycles. The van der Waals surface area contributed by atoms with Crippen molar-refractivity contribution in [3.63, 3.8) is 0 Å². The molecule has 2 rings (SSSR count). The average Bonchev–Trinajstić information content (AvgIpc) is 2.47. The van der Waals surface area contributed by atoms with E-state index in [0.717, 1.165) is 5.56 Å². The van der Waals surface area contributed by atoms with E-state index in [9.17, 15) is 5.11 Å². The summed E-state index contributed by atoms with van der Waals surface area (Å²) >= 11 is 1.64. The molecule has 0 aromatic heterocycles. The maximum Gasteiger partial charge on any atom is 0.0867 e. The molecule has 1 atom stereocenters. The Labute approximate surface area is 118 Å². The summed E-state index contributed by atoms with van der Waals surface area (Å²) < 4.78 is 5.51. The van der Waals surface area contributed by atoms with Gasteiger partial charge in [0.25, 0.3) is 0 Å². The van der Waals surface area contributed by atoms with Crippen LogP contribution in [0.1, 0.15) is 5.56 Å². The fourth-order valence-electron chi connectivity index (χ4n) is 1.64. The summed E-state index contributed by atoms with van der Waals surface area (Å²) in [5, 5.41) is 9.84. The van der Waals surface area contributed by atoms with E-state index < -0.39 is 6.10 Å². The minimum Gasteiger partial charge on any atom is -0.390 e. The van der Waals surface area contributed by atoms with E-state index in [1.807, 2.05) is 60.7 Å². The zero-order valence-corrected chi connectivity index (χ0v) is 11.6. The quantitative estimate of drug-likeness (QED) is 0.785. The second-order valence-corrected chi connectivity index (χ2v) is 5.37. The van der Waals surface area contributed by atoms with E-state index >= 15 is 0 Å². The van der Waals surface area contributed by atoms with E-state index in [-0.39, 0.29) is 0 Å². The van der Waals surface area contributed by atoms with E-state index in [2.05, 4.69) is 0 Å². The third kappa shape index (κ3) is 5.47. The van der Waals surface area contributed by atoms with Crippen LogP contribution in [0.25, 0.3) is 0 Å². The minimum atomic E-state index is -0.436. The third-order valence-electron chi connectivity index (χ3n) is 2.61. The van der Waals surface area contributed by atoms with E-state index in [1.165, 1.54) is 4.90 Å². The Kier molecular flexibility index (Phi) is 5.95. The molecular formula is C16H18O2S. The summed E-state index contributed by atoms with van der Waals surface area (Å²) in [5.74, 6) is 0.652. The molecule has 0 radical (unpaired) electrons. The van der Waals surface area contributed by atoms with E-state index in [0.29, 0.717) is 19.0 Å². The second-order valence-electron chi connectivity index (χ2n) is 4.28. The summed E-state index contributed by atoms with van der Waals surface area (Å²) in [4.78, 5) is 1.17. The number of hydrogen-bond acceptors (Lipinski definition) is 3. The summed E-state index contributed by atoms with van der Waals surface area (Å²) in [5.41, 5.74) is 1.13. The maximum absolute atomic E-state index is 9.84. The molecule has 3 heteroatoms. The van der Waals surface area contributed by atoms with Gasteiger partial charge in [0.15, 0.2) is 0 Å². The standard InChI is InChI=1S/C16H18O2S/c17-15(13-19-16-9-5-2-6-10-16)12-18-11-14-7-3-1-4-8-14/h1-10,15,17H,11-13H2/t15-/m1/s1. The van der Waals surface area contributed by atoms with Crippen LogP contribution in [0.15, 0.2) is 65.6 Å². The first-order valence-electron chi connectivity index (χ1n) is 6.32. The van der Waals surface area contributed by atoms with Gasteiger partial charge in [0.05, 0.1) is 19.3 Å². The van der Waals surface area contributed by atoms with Crippen LogP contribution in [0.2, 0.25) is 0 Å². The molecule has 0 bridgehead atoms. The molecule has 0 saturated carbocycles. The van der Waals surface area contributed by atoms with Crippen molar-refractivity contribution in [1.82, 2.24) is 0 Å². The van der Waals surface area contributed by atoms with Gasteiger partial charge in [-0.2, -0.15) is 0 Å². The molecule has 100 valence electrons. The number of aliphatic hydroxyl groups excluding tert-OH is 1. The molecule has 0 saturated heterocycles. The predicted molar refractivity (Wildman–Crippen MR) is 79.3 cm³/mol. The largest absolute Gasteiger partial charge is 0.390 e. The first-order chi connectivity index (χ1) is 9.34. The number of benzene rings is 2. The summed E-state index contributed by atoms with van der Waals surface area (Å²) in [6.07, 6.45) is -0.436. The molecule has 0 fully saturated rings. The highest BCUT2D eigenvalue weighted by Gasteiger charge is 2.05. The second kappa shape index (κ2) is 8.00. The van der Waals surface area contributed by atoms with Crippen molar-refractivity contribution in [2.45, 2.75) is 17.6 Å². The maximum atomic E-state index is 9.84. The molecule has 2 aromatic carbocycles.